The minimum Gasteiger partial charge on any atom is -0.497 e. The van der Waals surface area contributed by atoms with Gasteiger partial charge in [0.15, 0.2) is 0 Å². The first-order valence-electron chi connectivity index (χ1n) is 9.86. The fraction of sp³-hybridized carbons (Fsp3) is 0.280. The molecular weight excluding hydrogens is 362 g/mol. The van der Waals surface area contributed by atoms with Crippen molar-refractivity contribution in [2.45, 2.75) is 39.5 Å². The zero-order chi connectivity index (χ0) is 20.8. The Morgan fingerprint density at radius 1 is 0.931 bits per heavy atom. The molecule has 0 aliphatic rings. The molecule has 0 saturated carbocycles. The van der Waals surface area contributed by atoms with Crippen LogP contribution in [0.3, 0.4) is 0 Å². The van der Waals surface area contributed by atoms with Crippen LogP contribution in [-0.4, -0.2) is 23.2 Å². The predicted octanol–water partition coefficient (Wildman–Crippen LogP) is 4.98. The molecule has 0 fully saturated rings. The zero-order valence-corrected chi connectivity index (χ0v) is 17.2. The third-order valence-corrected chi connectivity index (χ3v) is 5.24. The maximum absolute atomic E-state index is 11.0. The van der Waals surface area contributed by atoms with E-state index >= 15 is 0 Å². The summed E-state index contributed by atoms with van der Waals surface area (Å²) in [5.74, 6) is -0.0000869. The normalized spacial score (nSPS) is 10.7. The number of pyridine rings is 1. The molecule has 1 aromatic heterocycles. The van der Waals surface area contributed by atoms with Crippen LogP contribution in [0.25, 0.3) is 0 Å². The lowest BCUT2D eigenvalue weighted by molar-refractivity contribution is 0.0697. The van der Waals surface area contributed by atoms with Crippen molar-refractivity contribution < 1.29 is 14.6 Å². The Morgan fingerprint density at radius 2 is 1.66 bits per heavy atom. The zero-order valence-electron chi connectivity index (χ0n) is 17.2. The largest absolute Gasteiger partial charge is 0.497 e. The average molecular weight is 389 g/mol. The molecule has 0 radical (unpaired) electrons. The standard InChI is InChI=1S/C25H27NO3/c1-17-14-20(16-22(15-17)29-3)6-10-23-18(2)12-13-26-24(23)11-7-19-4-8-21(9-5-19)25(27)28/h4-5,8-9,12-16H,6-7,10-11H2,1-3H3,(H,27,28). The van der Waals surface area contributed by atoms with Crippen LogP contribution in [0.15, 0.2) is 54.7 Å². The van der Waals surface area contributed by atoms with Gasteiger partial charge in [0.25, 0.3) is 0 Å². The highest BCUT2D eigenvalue weighted by molar-refractivity contribution is 5.87. The number of hydrogen-bond donors (Lipinski definition) is 1. The molecule has 1 N–H and O–H groups in total. The highest BCUT2D eigenvalue weighted by Gasteiger charge is 2.10. The quantitative estimate of drug-likeness (QED) is 0.590. The number of rotatable bonds is 8. The molecule has 0 aliphatic heterocycles. The highest BCUT2D eigenvalue weighted by Crippen LogP contribution is 2.21. The van der Waals surface area contributed by atoms with Crippen LogP contribution in [0, 0.1) is 13.8 Å². The summed E-state index contributed by atoms with van der Waals surface area (Å²) in [7, 11) is 1.70. The summed E-state index contributed by atoms with van der Waals surface area (Å²) in [6, 6.07) is 15.5. The van der Waals surface area contributed by atoms with Gasteiger partial charge in [-0.2, -0.15) is 0 Å². The maximum atomic E-state index is 11.0. The van der Waals surface area contributed by atoms with Gasteiger partial charge >= 0.3 is 5.97 Å². The summed E-state index contributed by atoms with van der Waals surface area (Å²) < 4.78 is 5.40. The molecule has 2 aromatic carbocycles. The third kappa shape index (κ3) is 5.44. The second-order valence-corrected chi connectivity index (χ2v) is 7.41. The van der Waals surface area contributed by atoms with Crippen LogP contribution in [0.4, 0.5) is 0 Å². The van der Waals surface area contributed by atoms with E-state index in [-0.39, 0.29) is 0 Å². The molecule has 3 rings (SSSR count). The number of methoxy groups -OCH3 is 1. The number of benzene rings is 2. The van der Waals surface area contributed by atoms with Crippen molar-refractivity contribution in [3.05, 3.63) is 93.8 Å². The lowest BCUT2D eigenvalue weighted by Crippen LogP contribution is -2.05. The van der Waals surface area contributed by atoms with E-state index in [0.29, 0.717) is 5.56 Å². The van der Waals surface area contributed by atoms with Crippen LogP contribution in [-0.2, 0) is 25.7 Å². The summed E-state index contributed by atoms with van der Waals surface area (Å²) in [5.41, 5.74) is 7.58. The van der Waals surface area contributed by atoms with Crippen LogP contribution in [0.1, 0.15) is 43.9 Å². The van der Waals surface area contributed by atoms with Crippen molar-refractivity contribution in [1.82, 2.24) is 4.98 Å². The highest BCUT2D eigenvalue weighted by atomic mass is 16.5. The first kappa shape index (κ1) is 20.6. The maximum Gasteiger partial charge on any atom is 0.335 e. The van der Waals surface area contributed by atoms with Crippen molar-refractivity contribution in [1.29, 1.82) is 0 Å². The molecule has 3 aromatic rings. The topological polar surface area (TPSA) is 59.4 Å². The van der Waals surface area contributed by atoms with Gasteiger partial charge in [-0.15, -0.1) is 0 Å². The van der Waals surface area contributed by atoms with Crippen molar-refractivity contribution >= 4 is 5.97 Å². The predicted molar refractivity (Wildman–Crippen MR) is 115 cm³/mol. The minimum absolute atomic E-state index is 0.316. The lowest BCUT2D eigenvalue weighted by Gasteiger charge is -2.13. The summed E-state index contributed by atoms with van der Waals surface area (Å²) >= 11 is 0. The SMILES string of the molecule is COc1cc(C)cc(CCc2c(C)ccnc2CCc2ccc(C(=O)O)cc2)c1. The van der Waals surface area contributed by atoms with E-state index in [1.165, 1.54) is 22.3 Å². The molecule has 150 valence electrons. The number of carbonyl (C=O) groups is 1. The molecule has 0 spiro atoms. The first-order chi connectivity index (χ1) is 14.0. The number of aromatic nitrogens is 1. The van der Waals surface area contributed by atoms with Gasteiger partial charge in [-0.3, -0.25) is 4.98 Å². The molecular formula is C25H27NO3. The Balaban J connectivity index is 1.72. The van der Waals surface area contributed by atoms with Gasteiger partial charge in [0, 0.05) is 11.9 Å². The smallest absolute Gasteiger partial charge is 0.335 e. The Morgan fingerprint density at radius 3 is 2.34 bits per heavy atom. The van der Waals surface area contributed by atoms with Crippen molar-refractivity contribution in [3.8, 4) is 5.75 Å². The molecule has 0 atom stereocenters. The molecule has 1 heterocycles. The lowest BCUT2D eigenvalue weighted by atomic mass is 9.95. The van der Waals surface area contributed by atoms with E-state index in [0.717, 1.165) is 42.7 Å². The molecule has 0 amide bonds. The summed E-state index contributed by atoms with van der Waals surface area (Å²) in [5, 5.41) is 9.04. The van der Waals surface area contributed by atoms with Crippen LogP contribution < -0.4 is 4.74 Å². The van der Waals surface area contributed by atoms with E-state index in [1.54, 1.807) is 19.2 Å². The summed E-state index contributed by atoms with van der Waals surface area (Å²) in [4.78, 5) is 15.7. The summed E-state index contributed by atoms with van der Waals surface area (Å²) in [6.45, 7) is 4.22. The molecule has 0 bridgehead atoms. The number of carboxylic acids is 1. The number of carboxylic acid groups (broad SMARTS) is 1. The van der Waals surface area contributed by atoms with E-state index in [2.05, 4.69) is 37.0 Å². The Bertz CT molecular complexity index is 993. The Hall–Kier alpha value is -3.14. The van der Waals surface area contributed by atoms with Crippen molar-refractivity contribution in [3.63, 3.8) is 0 Å². The molecule has 0 unspecified atom stereocenters. The van der Waals surface area contributed by atoms with E-state index in [9.17, 15) is 4.79 Å². The number of hydrogen-bond acceptors (Lipinski definition) is 3. The van der Waals surface area contributed by atoms with Crippen LogP contribution >= 0.6 is 0 Å². The van der Waals surface area contributed by atoms with E-state index < -0.39 is 5.97 Å². The van der Waals surface area contributed by atoms with Gasteiger partial charge < -0.3 is 9.84 Å². The van der Waals surface area contributed by atoms with Gasteiger partial charge in [-0.25, -0.2) is 4.79 Å². The molecule has 29 heavy (non-hydrogen) atoms. The number of aryl methyl sites for hydroxylation is 5. The molecule has 4 nitrogen and oxygen atoms in total. The molecule has 0 aliphatic carbocycles. The van der Waals surface area contributed by atoms with Gasteiger partial charge in [0.2, 0.25) is 0 Å². The van der Waals surface area contributed by atoms with Gasteiger partial charge in [-0.1, -0.05) is 18.2 Å². The second-order valence-electron chi connectivity index (χ2n) is 7.41. The van der Waals surface area contributed by atoms with Crippen molar-refractivity contribution in [2.24, 2.45) is 0 Å². The fourth-order valence-electron chi connectivity index (χ4n) is 3.63. The second kappa shape index (κ2) is 9.37. The van der Waals surface area contributed by atoms with Gasteiger partial charge in [-0.05, 0) is 97.7 Å². The summed E-state index contributed by atoms with van der Waals surface area (Å²) in [6.07, 6.45) is 5.41. The average Bonchev–Trinajstić information content (AvgIpc) is 2.71. The van der Waals surface area contributed by atoms with Crippen molar-refractivity contribution in [2.75, 3.05) is 7.11 Å². The van der Waals surface area contributed by atoms with Gasteiger partial charge in [0.05, 0.1) is 12.7 Å². The van der Waals surface area contributed by atoms with Crippen LogP contribution in [0.2, 0.25) is 0 Å². The van der Waals surface area contributed by atoms with E-state index in [4.69, 9.17) is 9.84 Å². The fourth-order valence-corrected chi connectivity index (χ4v) is 3.63. The Labute approximate surface area is 172 Å². The Kier molecular flexibility index (Phi) is 6.65. The monoisotopic (exact) mass is 389 g/mol. The first-order valence-corrected chi connectivity index (χ1v) is 9.86. The molecule has 4 heteroatoms. The van der Waals surface area contributed by atoms with E-state index in [1.807, 2.05) is 24.4 Å². The molecule has 0 saturated heterocycles. The minimum atomic E-state index is -0.896. The number of ether oxygens (including phenoxy) is 1. The van der Waals surface area contributed by atoms with Crippen LogP contribution in [0.5, 0.6) is 5.75 Å². The van der Waals surface area contributed by atoms with Gasteiger partial charge in [0.1, 0.15) is 5.75 Å². The number of nitrogens with zero attached hydrogens (tertiary/aromatic N) is 1. The third-order valence-electron chi connectivity index (χ3n) is 5.24. The number of aromatic carboxylic acids is 1.